The molecule has 1 heterocycles. The minimum absolute atomic E-state index is 0.144. The molecule has 1 aliphatic rings. The molecule has 0 aliphatic carbocycles. The Morgan fingerprint density at radius 3 is 2.22 bits per heavy atom. The normalized spacial score (nSPS) is 18.3. The molecule has 1 unspecified atom stereocenters. The molecule has 96 valence electrons. The van der Waals surface area contributed by atoms with Gasteiger partial charge in [0, 0.05) is 13.1 Å². The third-order valence-corrected chi connectivity index (χ3v) is 3.54. The van der Waals surface area contributed by atoms with E-state index in [1.54, 1.807) is 0 Å². The van der Waals surface area contributed by atoms with Crippen molar-refractivity contribution in [3.05, 3.63) is 34.4 Å². The molecule has 0 spiro atoms. The fourth-order valence-electron chi connectivity index (χ4n) is 2.79. The summed E-state index contributed by atoms with van der Waals surface area (Å²) in [5.41, 5.74) is 4.86. The summed E-state index contributed by atoms with van der Waals surface area (Å²) in [6.07, 6.45) is 0. The van der Waals surface area contributed by atoms with Gasteiger partial charge in [-0.2, -0.15) is 5.26 Å². The number of nitrogens with zero attached hydrogens (tertiary/aromatic N) is 2. The van der Waals surface area contributed by atoms with E-state index in [1.165, 1.54) is 22.3 Å². The highest BCUT2D eigenvalue weighted by molar-refractivity contribution is 5.42. The Bertz CT molecular complexity index is 447. The summed E-state index contributed by atoms with van der Waals surface area (Å²) in [6, 6.07) is 6.64. The zero-order valence-corrected chi connectivity index (χ0v) is 11.4. The van der Waals surface area contributed by atoms with Crippen LogP contribution in [0.3, 0.4) is 0 Å². The highest BCUT2D eigenvalue weighted by atomic mass is 16.5. The number of benzene rings is 1. The Kier molecular flexibility index (Phi) is 4.00. The molecule has 1 aliphatic heterocycles. The van der Waals surface area contributed by atoms with Crippen LogP contribution in [-0.4, -0.2) is 31.2 Å². The van der Waals surface area contributed by atoms with Gasteiger partial charge in [0.15, 0.2) is 0 Å². The Hall–Kier alpha value is -1.37. The van der Waals surface area contributed by atoms with Crippen LogP contribution in [0.1, 0.15) is 28.3 Å². The Morgan fingerprint density at radius 1 is 1.17 bits per heavy atom. The largest absolute Gasteiger partial charge is 0.379 e. The standard InChI is InChI=1S/C15H20N2O/c1-11-8-12(2)15(13(3)9-11)14(10-16)17-4-6-18-7-5-17/h8-9,14H,4-7H2,1-3H3. The van der Waals surface area contributed by atoms with Crippen LogP contribution in [0.5, 0.6) is 0 Å². The molecule has 0 aromatic heterocycles. The number of hydrogen-bond donors (Lipinski definition) is 0. The van der Waals surface area contributed by atoms with Crippen molar-refractivity contribution < 1.29 is 4.74 Å². The van der Waals surface area contributed by atoms with Gasteiger partial charge in [-0.15, -0.1) is 0 Å². The molecule has 0 amide bonds. The summed E-state index contributed by atoms with van der Waals surface area (Å²) < 4.78 is 5.36. The van der Waals surface area contributed by atoms with Gasteiger partial charge < -0.3 is 4.74 Å². The third-order valence-electron chi connectivity index (χ3n) is 3.54. The SMILES string of the molecule is Cc1cc(C)c(C(C#N)N2CCOCC2)c(C)c1. The Balaban J connectivity index is 2.36. The number of ether oxygens (including phenoxy) is 1. The maximum absolute atomic E-state index is 9.52. The van der Waals surface area contributed by atoms with Gasteiger partial charge in [-0.1, -0.05) is 17.7 Å². The number of nitriles is 1. The predicted octanol–water partition coefficient (Wildman–Crippen LogP) is 2.51. The van der Waals surface area contributed by atoms with Crippen LogP contribution in [0.4, 0.5) is 0 Å². The molecule has 0 bridgehead atoms. The predicted molar refractivity (Wildman–Crippen MR) is 71.4 cm³/mol. The van der Waals surface area contributed by atoms with Gasteiger partial charge in [-0.25, -0.2) is 0 Å². The molecule has 0 radical (unpaired) electrons. The highest BCUT2D eigenvalue weighted by Crippen LogP contribution is 2.28. The quantitative estimate of drug-likeness (QED) is 0.802. The lowest BCUT2D eigenvalue weighted by molar-refractivity contribution is 0.0264. The number of rotatable bonds is 2. The van der Waals surface area contributed by atoms with Gasteiger partial charge in [-0.05, 0) is 37.5 Å². The van der Waals surface area contributed by atoms with Gasteiger partial charge in [0.2, 0.25) is 0 Å². The lowest BCUT2D eigenvalue weighted by Gasteiger charge is -2.32. The molecular formula is C15H20N2O. The van der Waals surface area contributed by atoms with Crippen molar-refractivity contribution in [2.75, 3.05) is 26.3 Å². The summed E-state index contributed by atoms with van der Waals surface area (Å²) in [5.74, 6) is 0. The molecule has 3 heteroatoms. The molecule has 2 rings (SSSR count). The van der Waals surface area contributed by atoms with E-state index < -0.39 is 0 Å². The smallest absolute Gasteiger partial charge is 0.124 e. The van der Waals surface area contributed by atoms with E-state index in [4.69, 9.17) is 4.74 Å². The first kappa shape index (κ1) is 13.1. The van der Waals surface area contributed by atoms with Gasteiger partial charge >= 0.3 is 0 Å². The van der Waals surface area contributed by atoms with E-state index in [0.29, 0.717) is 0 Å². The van der Waals surface area contributed by atoms with Crippen LogP contribution in [-0.2, 0) is 4.74 Å². The van der Waals surface area contributed by atoms with Gasteiger partial charge in [-0.3, -0.25) is 4.90 Å². The van der Waals surface area contributed by atoms with Crippen LogP contribution in [0.25, 0.3) is 0 Å². The van der Waals surface area contributed by atoms with Crippen molar-refractivity contribution in [3.8, 4) is 6.07 Å². The lowest BCUT2D eigenvalue weighted by Crippen LogP contribution is -2.39. The summed E-state index contributed by atoms with van der Waals surface area (Å²) in [4.78, 5) is 2.22. The number of aryl methyl sites for hydroxylation is 3. The van der Waals surface area contributed by atoms with Crippen molar-refractivity contribution in [3.63, 3.8) is 0 Å². The zero-order valence-electron chi connectivity index (χ0n) is 11.4. The molecule has 18 heavy (non-hydrogen) atoms. The fraction of sp³-hybridized carbons (Fsp3) is 0.533. The maximum Gasteiger partial charge on any atom is 0.124 e. The van der Waals surface area contributed by atoms with Crippen molar-refractivity contribution in [2.45, 2.75) is 26.8 Å². The summed E-state index contributed by atoms with van der Waals surface area (Å²) in [6.45, 7) is 9.42. The summed E-state index contributed by atoms with van der Waals surface area (Å²) in [7, 11) is 0. The topological polar surface area (TPSA) is 36.3 Å². The van der Waals surface area contributed by atoms with Crippen LogP contribution in [0, 0.1) is 32.1 Å². The highest BCUT2D eigenvalue weighted by Gasteiger charge is 2.24. The molecule has 1 aromatic carbocycles. The Morgan fingerprint density at radius 2 is 1.72 bits per heavy atom. The van der Waals surface area contributed by atoms with Crippen molar-refractivity contribution >= 4 is 0 Å². The molecular weight excluding hydrogens is 224 g/mol. The van der Waals surface area contributed by atoms with E-state index in [2.05, 4.69) is 43.9 Å². The first-order valence-electron chi connectivity index (χ1n) is 6.42. The van der Waals surface area contributed by atoms with Crippen LogP contribution in [0.15, 0.2) is 12.1 Å². The van der Waals surface area contributed by atoms with Crippen LogP contribution >= 0.6 is 0 Å². The van der Waals surface area contributed by atoms with Gasteiger partial charge in [0.1, 0.15) is 6.04 Å². The Labute approximate surface area is 109 Å². The van der Waals surface area contributed by atoms with E-state index in [1.807, 2.05) is 0 Å². The van der Waals surface area contributed by atoms with Gasteiger partial charge in [0.05, 0.1) is 19.3 Å². The molecule has 3 nitrogen and oxygen atoms in total. The van der Waals surface area contributed by atoms with E-state index in [9.17, 15) is 5.26 Å². The second-order valence-electron chi connectivity index (χ2n) is 4.99. The minimum Gasteiger partial charge on any atom is -0.379 e. The van der Waals surface area contributed by atoms with Crippen LogP contribution in [0.2, 0.25) is 0 Å². The van der Waals surface area contributed by atoms with Crippen LogP contribution < -0.4 is 0 Å². The maximum atomic E-state index is 9.52. The molecule has 0 saturated carbocycles. The van der Waals surface area contributed by atoms with Crippen molar-refractivity contribution in [2.24, 2.45) is 0 Å². The first-order chi connectivity index (χ1) is 8.63. The molecule has 1 saturated heterocycles. The fourth-order valence-corrected chi connectivity index (χ4v) is 2.79. The third kappa shape index (κ3) is 2.55. The van der Waals surface area contributed by atoms with E-state index in [-0.39, 0.29) is 6.04 Å². The second kappa shape index (κ2) is 5.51. The minimum atomic E-state index is -0.144. The van der Waals surface area contributed by atoms with E-state index >= 15 is 0 Å². The number of morpholine rings is 1. The molecule has 1 atom stereocenters. The molecule has 0 N–H and O–H groups in total. The van der Waals surface area contributed by atoms with Gasteiger partial charge in [0.25, 0.3) is 0 Å². The lowest BCUT2D eigenvalue weighted by atomic mass is 9.93. The zero-order chi connectivity index (χ0) is 13.1. The average Bonchev–Trinajstić information content (AvgIpc) is 2.34. The van der Waals surface area contributed by atoms with Crippen molar-refractivity contribution in [1.82, 2.24) is 4.90 Å². The average molecular weight is 244 g/mol. The number of hydrogen-bond acceptors (Lipinski definition) is 3. The molecule has 1 fully saturated rings. The first-order valence-corrected chi connectivity index (χ1v) is 6.42. The molecule has 1 aromatic rings. The summed E-state index contributed by atoms with van der Waals surface area (Å²) in [5, 5.41) is 9.52. The van der Waals surface area contributed by atoms with E-state index in [0.717, 1.165) is 26.3 Å². The second-order valence-corrected chi connectivity index (χ2v) is 4.99. The van der Waals surface area contributed by atoms with Crippen molar-refractivity contribution in [1.29, 1.82) is 5.26 Å². The monoisotopic (exact) mass is 244 g/mol. The summed E-state index contributed by atoms with van der Waals surface area (Å²) >= 11 is 0.